The van der Waals surface area contributed by atoms with Crippen molar-refractivity contribution in [2.75, 3.05) is 0 Å². The number of aryl methyl sites for hydroxylation is 1. The van der Waals surface area contributed by atoms with Crippen LogP contribution in [0.3, 0.4) is 0 Å². The lowest BCUT2D eigenvalue weighted by Crippen LogP contribution is -2.11. The molecule has 16 heavy (non-hydrogen) atoms. The van der Waals surface area contributed by atoms with Gasteiger partial charge in [0.15, 0.2) is 0 Å². The summed E-state index contributed by atoms with van der Waals surface area (Å²) in [6.45, 7) is 3.83. The number of aromatic nitrogens is 2. The lowest BCUT2D eigenvalue weighted by molar-refractivity contribution is 1.05. The SMILES string of the molecule is CCc1cc2ncc(C(C)Cl)cc2[nH]c1=O. The molecule has 2 aromatic rings. The highest BCUT2D eigenvalue weighted by atomic mass is 35.5. The summed E-state index contributed by atoms with van der Waals surface area (Å²) < 4.78 is 0. The molecule has 3 nitrogen and oxygen atoms in total. The molecule has 2 aromatic heterocycles. The molecule has 0 saturated carbocycles. The fraction of sp³-hybridized carbons (Fsp3) is 0.333. The van der Waals surface area contributed by atoms with Crippen LogP contribution in [0.2, 0.25) is 0 Å². The van der Waals surface area contributed by atoms with E-state index in [0.717, 1.165) is 22.2 Å². The molecule has 0 bridgehead atoms. The van der Waals surface area contributed by atoms with Crippen molar-refractivity contribution < 1.29 is 0 Å². The maximum absolute atomic E-state index is 11.6. The van der Waals surface area contributed by atoms with Crippen molar-refractivity contribution in [2.24, 2.45) is 0 Å². The van der Waals surface area contributed by atoms with Crippen molar-refractivity contribution in [1.29, 1.82) is 0 Å². The minimum Gasteiger partial charge on any atom is -0.320 e. The molecule has 84 valence electrons. The summed E-state index contributed by atoms with van der Waals surface area (Å²) in [5, 5.41) is -0.105. The van der Waals surface area contributed by atoms with Crippen LogP contribution in [0.15, 0.2) is 23.1 Å². The molecule has 0 saturated heterocycles. The molecule has 0 aromatic carbocycles. The first-order valence-corrected chi connectivity index (χ1v) is 5.71. The fourth-order valence-electron chi connectivity index (χ4n) is 1.62. The normalized spacial score (nSPS) is 12.9. The second-order valence-electron chi connectivity index (χ2n) is 3.79. The topological polar surface area (TPSA) is 45.8 Å². The van der Waals surface area contributed by atoms with E-state index in [1.807, 2.05) is 26.0 Å². The average molecular weight is 237 g/mol. The van der Waals surface area contributed by atoms with Gasteiger partial charge in [0.25, 0.3) is 5.56 Å². The number of halogens is 1. The second kappa shape index (κ2) is 4.26. The highest BCUT2D eigenvalue weighted by molar-refractivity contribution is 6.20. The van der Waals surface area contributed by atoms with E-state index in [9.17, 15) is 4.79 Å². The molecule has 1 N–H and O–H groups in total. The molecule has 1 atom stereocenters. The zero-order valence-electron chi connectivity index (χ0n) is 9.25. The van der Waals surface area contributed by atoms with Gasteiger partial charge in [-0.15, -0.1) is 11.6 Å². The number of hydrogen-bond donors (Lipinski definition) is 1. The monoisotopic (exact) mass is 236 g/mol. The minimum atomic E-state index is -0.105. The van der Waals surface area contributed by atoms with Gasteiger partial charge in [-0.25, -0.2) is 0 Å². The van der Waals surface area contributed by atoms with Crippen molar-refractivity contribution in [3.05, 3.63) is 39.8 Å². The first-order valence-electron chi connectivity index (χ1n) is 5.27. The van der Waals surface area contributed by atoms with Crippen LogP contribution in [-0.2, 0) is 6.42 Å². The van der Waals surface area contributed by atoms with Crippen LogP contribution in [0, 0.1) is 0 Å². The van der Waals surface area contributed by atoms with Crippen molar-refractivity contribution in [1.82, 2.24) is 9.97 Å². The molecule has 0 spiro atoms. The van der Waals surface area contributed by atoms with Gasteiger partial charge in [0, 0.05) is 11.8 Å². The summed E-state index contributed by atoms with van der Waals surface area (Å²) in [4.78, 5) is 18.8. The Labute approximate surface area is 98.5 Å². The quantitative estimate of drug-likeness (QED) is 0.815. The first-order chi connectivity index (χ1) is 7.61. The molecule has 0 fully saturated rings. The third-order valence-corrected chi connectivity index (χ3v) is 2.88. The van der Waals surface area contributed by atoms with Gasteiger partial charge in [0.2, 0.25) is 0 Å². The van der Waals surface area contributed by atoms with E-state index >= 15 is 0 Å². The minimum absolute atomic E-state index is 0.0452. The molecular formula is C12H13ClN2O. The predicted molar refractivity (Wildman–Crippen MR) is 66.0 cm³/mol. The maximum atomic E-state index is 11.6. The number of rotatable bonds is 2. The summed E-state index contributed by atoms with van der Waals surface area (Å²) in [5.74, 6) is 0. The summed E-state index contributed by atoms with van der Waals surface area (Å²) in [5.41, 5.74) is 3.17. The average Bonchev–Trinajstić information content (AvgIpc) is 2.27. The van der Waals surface area contributed by atoms with E-state index in [1.54, 1.807) is 6.20 Å². The van der Waals surface area contributed by atoms with E-state index in [2.05, 4.69) is 9.97 Å². The first kappa shape index (κ1) is 11.1. The second-order valence-corrected chi connectivity index (χ2v) is 4.45. The van der Waals surface area contributed by atoms with Crippen LogP contribution in [-0.4, -0.2) is 9.97 Å². The number of fused-ring (bicyclic) bond motifs is 1. The largest absolute Gasteiger partial charge is 0.320 e. The molecule has 0 radical (unpaired) electrons. The Bertz CT molecular complexity index is 575. The van der Waals surface area contributed by atoms with Gasteiger partial charge < -0.3 is 4.98 Å². The van der Waals surface area contributed by atoms with Gasteiger partial charge in [0.1, 0.15) is 0 Å². The van der Waals surface area contributed by atoms with Gasteiger partial charge in [-0.2, -0.15) is 0 Å². The third-order valence-electron chi connectivity index (χ3n) is 2.63. The summed E-state index contributed by atoms with van der Waals surface area (Å²) in [6, 6.07) is 3.71. The zero-order valence-corrected chi connectivity index (χ0v) is 10.0. The Morgan fingerprint density at radius 1 is 1.50 bits per heavy atom. The number of nitrogens with one attached hydrogen (secondary N) is 1. The fourth-order valence-corrected chi connectivity index (χ4v) is 1.74. The highest BCUT2D eigenvalue weighted by Crippen LogP contribution is 2.21. The molecule has 0 aliphatic carbocycles. The van der Waals surface area contributed by atoms with Gasteiger partial charge in [-0.05, 0) is 31.0 Å². The molecule has 0 amide bonds. The Morgan fingerprint density at radius 3 is 2.88 bits per heavy atom. The van der Waals surface area contributed by atoms with Crippen LogP contribution in [0.25, 0.3) is 11.0 Å². The number of alkyl halides is 1. The van der Waals surface area contributed by atoms with Crippen molar-refractivity contribution in [2.45, 2.75) is 25.6 Å². The summed E-state index contributed by atoms with van der Waals surface area (Å²) in [6.07, 6.45) is 2.46. The third kappa shape index (κ3) is 1.95. The van der Waals surface area contributed by atoms with Gasteiger partial charge in [-0.3, -0.25) is 9.78 Å². The number of nitrogens with zero attached hydrogens (tertiary/aromatic N) is 1. The molecule has 2 rings (SSSR count). The van der Waals surface area contributed by atoms with Crippen molar-refractivity contribution in [3.63, 3.8) is 0 Å². The molecule has 1 unspecified atom stereocenters. The highest BCUT2D eigenvalue weighted by Gasteiger charge is 2.06. The number of H-pyrrole nitrogens is 1. The Morgan fingerprint density at radius 2 is 2.25 bits per heavy atom. The molecule has 0 aliphatic rings. The Hall–Kier alpha value is -1.35. The smallest absolute Gasteiger partial charge is 0.251 e. The lowest BCUT2D eigenvalue weighted by Gasteiger charge is -2.05. The molecule has 4 heteroatoms. The van der Waals surface area contributed by atoms with Crippen LogP contribution < -0.4 is 5.56 Å². The number of aromatic amines is 1. The summed E-state index contributed by atoms with van der Waals surface area (Å²) >= 11 is 5.97. The van der Waals surface area contributed by atoms with E-state index in [1.165, 1.54) is 0 Å². The van der Waals surface area contributed by atoms with Crippen LogP contribution in [0.4, 0.5) is 0 Å². The van der Waals surface area contributed by atoms with E-state index in [0.29, 0.717) is 6.42 Å². The summed E-state index contributed by atoms with van der Waals surface area (Å²) in [7, 11) is 0. The van der Waals surface area contributed by atoms with E-state index in [4.69, 9.17) is 11.6 Å². The lowest BCUT2D eigenvalue weighted by atomic mass is 10.1. The van der Waals surface area contributed by atoms with Crippen LogP contribution >= 0.6 is 11.6 Å². The predicted octanol–water partition coefficient (Wildman–Crippen LogP) is 2.79. The van der Waals surface area contributed by atoms with Crippen molar-refractivity contribution >= 4 is 22.6 Å². The zero-order chi connectivity index (χ0) is 11.7. The van der Waals surface area contributed by atoms with E-state index < -0.39 is 0 Å². The standard InChI is InChI=1S/C12H13ClN2O/c1-3-8-4-10-11(15-12(8)16)5-9(6-14-10)7(2)13/h4-7H,3H2,1-2H3,(H,15,16). The molecule has 2 heterocycles. The molecule has 0 aliphatic heterocycles. The van der Waals surface area contributed by atoms with Gasteiger partial charge >= 0.3 is 0 Å². The molecular weight excluding hydrogens is 224 g/mol. The maximum Gasteiger partial charge on any atom is 0.251 e. The van der Waals surface area contributed by atoms with Crippen LogP contribution in [0.1, 0.15) is 30.4 Å². The van der Waals surface area contributed by atoms with Gasteiger partial charge in [-0.1, -0.05) is 6.92 Å². The number of pyridine rings is 2. The Balaban J connectivity index is 2.67. The van der Waals surface area contributed by atoms with E-state index in [-0.39, 0.29) is 10.9 Å². The number of hydrogen-bond acceptors (Lipinski definition) is 2. The van der Waals surface area contributed by atoms with Crippen molar-refractivity contribution in [3.8, 4) is 0 Å². The van der Waals surface area contributed by atoms with Gasteiger partial charge in [0.05, 0.1) is 16.4 Å². The Kier molecular flexibility index (Phi) is 2.97. The van der Waals surface area contributed by atoms with Crippen LogP contribution in [0.5, 0.6) is 0 Å².